The predicted molar refractivity (Wildman–Crippen MR) is 140 cm³/mol. The summed E-state index contributed by atoms with van der Waals surface area (Å²) in [5.74, 6) is 0.913. The lowest BCUT2D eigenvalue weighted by Gasteiger charge is -2.27. The molecule has 4 rings (SSSR count). The molecule has 0 saturated heterocycles. The van der Waals surface area contributed by atoms with Gasteiger partial charge in [-0.25, -0.2) is 4.79 Å². The zero-order chi connectivity index (χ0) is 27.2. The van der Waals surface area contributed by atoms with Crippen LogP contribution in [0.5, 0.6) is 34.5 Å². The topological polar surface area (TPSA) is 116 Å². The minimum Gasteiger partial charge on any atom is -0.496 e. The fraction of sp³-hybridized carbons (Fsp3) is 0.310. The van der Waals surface area contributed by atoms with Crippen molar-refractivity contribution in [2.24, 2.45) is 11.7 Å². The summed E-state index contributed by atoms with van der Waals surface area (Å²) in [7, 11) is 5.96. The van der Waals surface area contributed by atoms with Gasteiger partial charge in [0.2, 0.25) is 5.75 Å². The Hall–Kier alpha value is -4.24. The van der Waals surface area contributed by atoms with E-state index in [0.29, 0.717) is 40.7 Å². The van der Waals surface area contributed by atoms with Gasteiger partial charge in [0.1, 0.15) is 28.9 Å². The smallest absolute Gasteiger partial charge is 0.328 e. The highest BCUT2D eigenvalue weighted by Crippen LogP contribution is 2.47. The summed E-state index contributed by atoms with van der Waals surface area (Å²) < 4.78 is 33.3. The first-order chi connectivity index (χ1) is 18.4. The molecule has 0 spiro atoms. The van der Waals surface area contributed by atoms with Gasteiger partial charge in [-0.2, -0.15) is 0 Å². The number of nitrogens with two attached hydrogens (primary N) is 1. The number of esters is 1. The second-order valence-corrected chi connectivity index (χ2v) is 8.79. The maximum Gasteiger partial charge on any atom is 0.328 e. The van der Waals surface area contributed by atoms with E-state index in [1.54, 1.807) is 24.3 Å². The number of ether oxygens (including phenoxy) is 6. The first kappa shape index (κ1) is 26.8. The largest absolute Gasteiger partial charge is 0.496 e. The lowest BCUT2D eigenvalue weighted by atomic mass is 9.88. The van der Waals surface area contributed by atoms with E-state index in [-0.39, 0.29) is 30.1 Å². The minimum absolute atomic E-state index is 0.138. The third-order valence-electron chi connectivity index (χ3n) is 6.39. The molecule has 1 aliphatic rings. The fourth-order valence-corrected chi connectivity index (χ4v) is 4.49. The molecule has 1 aliphatic heterocycles. The molecule has 0 fully saturated rings. The number of rotatable bonds is 10. The van der Waals surface area contributed by atoms with Crippen LogP contribution in [0.4, 0.5) is 0 Å². The number of Topliss-reactive ketones (excluding diaryl/α,β-unsaturated/α-hetero) is 1. The Kier molecular flexibility index (Phi) is 8.38. The van der Waals surface area contributed by atoms with Crippen LogP contribution in [0.1, 0.15) is 21.5 Å². The second-order valence-electron chi connectivity index (χ2n) is 8.79. The van der Waals surface area contributed by atoms with Gasteiger partial charge in [0.15, 0.2) is 17.3 Å². The highest BCUT2D eigenvalue weighted by molar-refractivity contribution is 6.05. The summed E-state index contributed by atoms with van der Waals surface area (Å²) in [5.41, 5.74) is 7.99. The Balaban J connectivity index is 1.54. The van der Waals surface area contributed by atoms with E-state index in [0.717, 1.165) is 5.56 Å². The molecule has 1 unspecified atom stereocenters. The molecule has 0 bridgehead atoms. The summed E-state index contributed by atoms with van der Waals surface area (Å²) in [6, 6.07) is 15.3. The van der Waals surface area contributed by atoms with Crippen molar-refractivity contribution in [2.45, 2.75) is 18.9 Å². The maximum absolute atomic E-state index is 13.6. The first-order valence-electron chi connectivity index (χ1n) is 12.1. The summed E-state index contributed by atoms with van der Waals surface area (Å²) in [5, 5.41) is 0. The van der Waals surface area contributed by atoms with Crippen molar-refractivity contribution in [1.29, 1.82) is 0 Å². The normalized spacial score (nSPS) is 15.1. The molecule has 3 aromatic carbocycles. The summed E-state index contributed by atoms with van der Waals surface area (Å²) in [6.45, 7) is 0.138. The van der Waals surface area contributed by atoms with Crippen LogP contribution in [0, 0.1) is 5.92 Å². The molecule has 3 aromatic rings. The van der Waals surface area contributed by atoms with E-state index in [2.05, 4.69) is 0 Å². The van der Waals surface area contributed by atoms with Crippen molar-refractivity contribution in [3.63, 3.8) is 0 Å². The average molecular weight is 522 g/mol. The number of methoxy groups -OCH3 is 4. The third-order valence-corrected chi connectivity index (χ3v) is 6.39. The highest BCUT2D eigenvalue weighted by atomic mass is 16.5. The molecule has 1 heterocycles. The standard InChI is InChI=1S/C29H31NO8/c1-33-22-11-10-20(38-29(32)21(30)12-17-8-6-5-7-9-17)14-18(22)13-19-16-37-23-15-24(34-2)27(35-3)28(36-4)25(23)26(19)31/h5-11,14-15,19,21H,12-13,16,30H2,1-4H3/t19?,21-/m0/s1. The maximum atomic E-state index is 13.6. The Bertz CT molecular complexity index is 1310. The van der Waals surface area contributed by atoms with Crippen LogP contribution < -0.4 is 34.2 Å². The predicted octanol–water partition coefficient (Wildman–Crippen LogP) is 3.63. The zero-order valence-electron chi connectivity index (χ0n) is 21.8. The van der Waals surface area contributed by atoms with Crippen LogP contribution in [0.2, 0.25) is 0 Å². The molecule has 9 heteroatoms. The molecule has 2 atom stereocenters. The van der Waals surface area contributed by atoms with Crippen molar-refractivity contribution in [1.82, 2.24) is 0 Å². The molecule has 38 heavy (non-hydrogen) atoms. The summed E-state index contributed by atoms with van der Waals surface area (Å²) in [4.78, 5) is 26.3. The minimum atomic E-state index is -0.827. The molecule has 0 aliphatic carbocycles. The quantitative estimate of drug-likeness (QED) is 0.315. The zero-order valence-corrected chi connectivity index (χ0v) is 21.8. The van der Waals surface area contributed by atoms with Gasteiger partial charge in [-0.15, -0.1) is 0 Å². The number of fused-ring (bicyclic) bond motifs is 1. The van der Waals surface area contributed by atoms with E-state index < -0.39 is 17.9 Å². The average Bonchev–Trinajstić information content (AvgIpc) is 2.94. The molecule has 200 valence electrons. The van der Waals surface area contributed by atoms with E-state index in [1.807, 2.05) is 30.3 Å². The Morgan fingerprint density at radius 1 is 0.947 bits per heavy atom. The number of hydrogen-bond donors (Lipinski definition) is 1. The monoisotopic (exact) mass is 521 g/mol. The lowest BCUT2D eigenvalue weighted by Crippen LogP contribution is -2.36. The Morgan fingerprint density at radius 3 is 2.32 bits per heavy atom. The van der Waals surface area contributed by atoms with Crippen molar-refractivity contribution < 1.29 is 38.0 Å². The van der Waals surface area contributed by atoms with Crippen LogP contribution in [0.3, 0.4) is 0 Å². The van der Waals surface area contributed by atoms with Crippen LogP contribution >= 0.6 is 0 Å². The van der Waals surface area contributed by atoms with E-state index in [1.165, 1.54) is 28.4 Å². The summed E-state index contributed by atoms with van der Waals surface area (Å²) >= 11 is 0. The molecule has 9 nitrogen and oxygen atoms in total. The summed E-state index contributed by atoms with van der Waals surface area (Å²) in [6.07, 6.45) is 0.631. The lowest BCUT2D eigenvalue weighted by molar-refractivity contribution is -0.135. The van der Waals surface area contributed by atoms with Gasteiger partial charge in [0.05, 0.1) is 41.0 Å². The third kappa shape index (κ3) is 5.52. The number of ketones is 1. The van der Waals surface area contributed by atoms with E-state index in [4.69, 9.17) is 34.2 Å². The Morgan fingerprint density at radius 2 is 1.66 bits per heavy atom. The second kappa shape index (κ2) is 11.9. The number of hydrogen-bond acceptors (Lipinski definition) is 9. The van der Waals surface area contributed by atoms with Crippen molar-refractivity contribution in [3.05, 3.63) is 71.3 Å². The van der Waals surface area contributed by atoms with Gasteiger partial charge in [-0.1, -0.05) is 30.3 Å². The van der Waals surface area contributed by atoms with Gasteiger partial charge in [0.25, 0.3) is 0 Å². The number of carbonyl (C=O) groups excluding carboxylic acids is 2. The van der Waals surface area contributed by atoms with Gasteiger partial charge < -0.3 is 34.2 Å². The van der Waals surface area contributed by atoms with Gasteiger partial charge in [-0.05, 0) is 42.2 Å². The Labute approximate surface area is 221 Å². The van der Waals surface area contributed by atoms with Crippen molar-refractivity contribution >= 4 is 11.8 Å². The number of benzene rings is 3. The van der Waals surface area contributed by atoms with Gasteiger partial charge in [0, 0.05) is 6.07 Å². The molecule has 0 aromatic heterocycles. The first-order valence-corrected chi connectivity index (χ1v) is 12.1. The van der Waals surface area contributed by atoms with Crippen LogP contribution in [-0.2, 0) is 17.6 Å². The van der Waals surface area contributed by atoms with Crippen LogP contribution in [-0.4, -0.2) is 52.8 Å². The molecule has 0 radical (unpaired) electrons. The van der Waals surface area contributed by atoms with Gasteiger partial charge in [-0.3, -0.25) is 4.79 Å². The highest BCUT2D eigenvalue weighted by Gasteiger charge is 2.36. The van der Waals surface area contributed by atoms with E-state index >= 15 is 0 Å². The van der Waals surface area contributed by atoms with E-state index in [9.17, 15) is 9.59 Å². The van der Waals surface area contributed by atoms with Gasteiger partial charge >= 0.3 is 5.97 Å². The molecular weight excluding hydrogens is 490 g/mol. The fourth-order valence-electron chi connectivity index (χ4n) is 4.49. The van der Waals surface area contributed by atoms with Crippen LogP contribution in [0.25, 0.3) is 0 Å². The molecular formula is C29H31NO8. The molecule has 0 saturated carbocycles. The van der Waals surface area contributed by atoms with Crippen molar-refractivity contribution in [2.75, 3.05) is 35.0 Å². The molecule has 2 N–H and O–H groups in total. The molecule has 0 amide bonds. The number of carbonyl (C=O) groups is 2. The van der Waals surface area contributed by atoms with Crippen LogP contribution in [0.15, 0.2) is 54.6 Å². The SMILES string of the molecule is COc1ccc(OC(=O)[C@@H](N)Cc2ccccc2)cc1CC1COc2cc(OC)c(OC)c(OC)c2C1=O. The van der Waals surface area contributed by atoms with Crippen molar-refractivity contribution in [3.8, 4) is 34.5 Å².